The van der Waals surface area contributed by atoms with Gasteiger partial charge >= 0.3 is 11.9 Å². The number of ether oxygens (including phenoxy) is 2. The van der Waals surface area contributed by atoms with Crippen LogP contribution in [0.15, 0.2) is 36.4 Å². The molecule has 24 heavy (non-hydrogen) atoms. The molecule has 2 rings (SSSR count). The van der Waals surface area contributed by atoms with Crippen molar-refractivity contribution in [3.05, 3.63) is 36.4 Å². The molecule has 1 aliphatic heterocycles. The van der Waals surface area contributed by atoms with Gasteiger partial charge in [0, 0.05) is 25.2 Å². The van der Waals surface area contributed by atoms with Gasteiger partial charge in [0.1, 0.15) is 12.2 Å². The molecule has 0 amide bonds. The molecule has 0 saturated carbocycles. The highest BCUT2D eigenvalue weighted by molar-refractivity contribution is 5.89. The Morgan fingerprint density at radius 2 is 1.75 bits per heavy atom. The fourth-order valence-corrected chi connectivity index (χ4v) is 1.89. The number of rotatable bonds is 6. The third kappa shape index (κ3) is 7.12. The van der Waals surface area contributed by atoms with Crippen LogP contribution >= 0.6 is 0 Å². The molecule has 0 spiro atoms. The first-order chi connectivity index (χ1) is 11.4. The van der Waals surface area contributed by atoms with Crippen molar-refractivity contribution in [3.63, 3.8) is 0 Å². The van der Waals surface area contributed by atoms with Gasteiger partial charge in [0.05, 0.1) is 6.61 Å². The van der Waals surface area contributed by atoms with Gasteiger partial charge in [0.15, 0.2) is 11.5 Å². The lowest BCUT2D eigenvalue weighted by Gasteiger charge is -2.18. The summed E-state index contributed by atoms with van der Waals surface area (Å²) in [7, 11) is 0. The van der Waals surface area contributed by atoms with E-state index < -0.39 is 18.0 Å². The van der Waals surface area contributed by atoms with Crippen molar-refractivity contribution in [2.75, 3.05) is 19.7 Å². The molecule has 8 nitrogen and oxygen atoms in total. The zero-order valence-electron chi connectivity index (χ0n) is 13.2. The molecule has 1 aromatic rings. The smallest absolute Gasteiger partial charge is 0.328 e. The maximum atomic E-state index is 9.64. The SMILES string of the molecule is CCOc1ccccc1O[C@@H]1CNC[C@H]1O.O=C(O)C=CC(=O)O. The Balaban J connectivity index is 0.000000307. The van der Waals surface area contributed by atoms with Crippen molar-refractivity contribution in [1.82, 2.24) is 5.32 Å². The van der Waals surface area contributed by atoms with Crippen LogP contribution in [-0.2, 0) is 9.59 Å². The Hall–Kier alpha value is -2.58. The lowest BCUT2D eigenvalue weighted by molar-refractivity contribution is -0.134. The number of carboxylic acids is 2. The van der Waals surface area contributed by atoms with Crippen LogP contribution in [0.5, 0.6) is 11.5 Å². The summed E-state index contributed by atoms with van der Waals surface area (Å²) in [6.45, 7) is 3.79. The van der Waals surface area contributed by atoms with Crippen LogP contribution in [0.1, 0.15) is 6.92 Å². The van der Waals surface area contributed by atoms with E-state index >= 15 is 0 Å². The average molecular weight is 339 g/mol. The highest BCUT2D eigenvalue weighted by Gasteiger charge is 2.27. The van der Waals surface area contributed by atoms with E-state index in [4.69, 9.17) is 19.7 Å². The molecule has 0 radical (unpaired) electrons. The van der Waals surface area contributed by atoms with E-state index in [9.17, 15) is 14.7 Å². The maximum absolute atomic E-state index is 9.64. The van der Waals surface area contributed by atoms with E-state index in [0.29, 0.717) is 37.6 Å². The topological polar surface area (TPSA) is 125 Å². The molecule has 1 heterocycles. The number of carbonyl (C=O) groups is 2. The van der Waals surface area contributed by atoms with Gasteiger partial charge in [0.2, 0.25) is 0 Å². The summed E-state index contributed by atoms with van der Waals surface area (Å²) in [6.07, 6.45) is 0.473. The summed E-state index contributed by atoms with van der Waals surface area (Å²) in [6, 6.07) is 7.53. The predicted molar refractivity (Wildman–Crippen MR) is 85.3 cm³/mol. The molecular weight excluding hydrogens is 318 g/mol. The number of benzene rings is 1. The second-order valence-electron chi connectivity index (χ2n) is 4.77. The zero-order valence-corrected chi connectivity index (χ0v) is 13.2. The van der Waals surface area contributed by atoms with Crippen LogP contribution in [-0.4, -0.2) is 59.2 Å². The molecular formula is C16H21NO7. The van der Waals surface area contributed by atoms with Crippen molar-refractivity contribution in [3.8, 4) is 11.5 Å². The third-order valence-electron chi connectivity index (χ3n) is 2.92. The van der Waals surface area contributed by atoms with E-state index in [2.05, 4.69) is 5.32 Å². The molecule has 0 aliphatic carbocycles. The van der Waals surface area contributed by atoms with Gasteiger partial charge in [-0.05, 0) is 19.1 Å². The van der Waals surface area contributed by atoms with Gasteiger partial charge < -0.3 is 30.1 Å². The lowest BCUT2D eigenvalue weighted by Crippen LogP contribution is -2.29. The fourth-order valence-electron chi connectivity index (χ4n) is 1.89. The molecule has 8 heteroatoms. The van der Waals surface area contributed by atoms with Crippen molar-refractivity contribution >= 4 is 11.9 Å². The number of aliphatic carboxylic acids is 2. The average Bonchev–Trinajstić information content (AvgIpc) is 2.93. The monoisotopic (exact) mass is 339 g/mol. The second kappa shape index (κ2) is 10.2. The van der Waals surface area contributed by atoms with Gasteiger partial charge in [-0.15, -0.1) is 0 Å². The Morgan fingerprint density at radius 3 is 2.21 bits per heavy atom. The van der Waals surface area contributed by atoms with Crippen LogP contribution in [0.4, 0.5) is 0 Å². The summed E-state index contributed by atoms with van der Waals surface area (Å²) in [5, 5.41) is 28.3. The van der Waals surface area contributed by atoms with Gasteiger partial charge in [0.25, 0.3) is 0 Å². The van der Waals surface area contributed by atoms with Crippen molar-refractivity contribution in [1.29, 1.82) is 0 Å². The number of β-amino-alcohol motifs (C(OH)–C–C–N with tert-alkyl or cyclic N) is 1. The van der Waals surface area contributed by atoms with Gasteiger partial charge in [-0.25, -0.2) is 9.59 Å². The first-order valence-corrected chi connectivity index (χ1v) is 7.35. The summed E-state index contributed by atoms with van der Waals surface area (Å²) < 4.78 is 11.2. The van der Waals surface area contributed by atoms with Gasteiger partial charge in [-0.3, -0.25) is 0 Å². The van der Waals surface area contributed by atoms with E-state index in [1.807, 2.05) is 31.2 Å². The zero-order chi connectivity index (χ0) is 17.9. The van der Waals surface area contributed by atoms with Crippen molar-refractivity contribution < 1.29 is 34.4 Å². The summed E-state index contributed by atoms with van der Waals surface area (Å²) in [5.74, 6) is -1.10. The Bertz CT molecular complexity index is 557. The van der Waals surface area contributed by atoms with Crippen LogP contribution in [0.25, 0.3) is 0 Å². The third-order valence-corrected chi connectivity index (χ3v) is 2.92. The summed E-state index contributed by atoms with van der Waals surface area (Å²) in [5.41, 5.74) is 0. The largest absolute Gasteiger partial charge is 0.490 e. The maximum Gasteiger partial charge on any atom is 0.328 e. The van der Waals surface area contributed by atoms with E-state index in [1.165, 1.54) is 0 Å². The molecule has 2 atom stereocenters. The number of hydrogen-bond donors (Lipinski definition) is 4. The number of carboxylic acid groups (broad SMARTS) is 2. The van der Waals surface area contributed by atoms with Crippen LogP contribution in [0.3, 0.4) is 0 Å². The summed E-state index contributed by atoms with van der Waals surface area (Å²) >= 11 is 0. The van der Waals surface area contributed by atoms with Gasteiger partial charge in [-0.2, -0.15) is 0 Å². The van der Waals surface area contributed by atoms with E-state index in [-0.39, 0.29) is 6.10 Å². The predicted octanol–water partition coefficient (Wildman–Crippen LogP) is 0.509. The standard InChI is InChI=1S/C12H17NO3.C4H4O4/c1-2-15-10-5-3-4-6-11(10)16-12-8-13-7-9(12)14;5-3(6)1-2-4(7)8/h3-6,9,12-14H,2,7-8H2,1H3;1-2H,(H,5,6)(H,7,8)/t9-,12-;/m1./s1. The van der Waals surface area contributed by atoms with Crippen molar-refractivity contribution in [2.24, 2.45) is 0 Å². The number of hydrogen-bond acceptors (Lipinski definition) is 6. The minimum absolute atomic E-state index is 0.193. The van der Waals surface area contributed by atoms with Crippen LogP contribution in [0, 0.1) is 0 Å². The first kappa shape index (κ1) is 19.5. The Labute approximate surface area is 139 Å². The van der Waals surface area contributed by atoms with E-state index in [1.54, 1.807) is 0 Å². The molecule has 0 unspecified atom stereocenters. The number of para-hydroxylation sites is 2. The fraction of sp³-hybridized carbons (Fsp3) is 0.375. The van der Waals surface area contributed by atoms with Crippen molar-refractivity contribution in [2.45, 2.75) is 19.1 Å². The lowest BCUT2D eigenvalue weighted by atomic mass is 10.2. The first-order valence-electron chi connectivity index (χ1n) is 7.35. The quantitative estimate of drug-likeness (QED) is 0.552. The molecule has 0 aromatic heterocycles. The molecule has 1 aromatic carbocycles. The molecule has 1 fully saturated rings. The van der Waals surface area contributed by atoms with Gasteiger partial charge in [-0.1, -0.05) is 12.1 Å². The molecule has 1 saturated heterocycles. The number of nitrogens with one attached hydrogen (secondary N) is 1. The Kier molecular flexibility index (Phi) is 8.31. The summed E-state index contributed by atoms with van der Waals surface area (Å²) in [4.78, 5) is 19.1. The second-order valence-corrected chi connectivity index (χ2v) is 4.77. The van der Waals surface area contributed by atoms with Crippen LogP contribution in [0.2, 0.25) is 0 Å². The highest BCUT2D eigenvalue weighted by atomic mass is 16.5. The van der Waals surface area contributed by atoms with Crippen LogP contribution < -0.4 is 14.8 Å². The number of aliphatic hydroxyl groups excluding tert-OH is 1. The molecule has 1 aliphatic rings. The molecule has 0 bridgehead atoms. The molecule has 132 valence electrons. The minimum atomic E-state index is -1.26. The molecule has 4 N–H and O–H groups in total. The normalized spacial score (nSPS) is 19.4. The number of aliphatic hydroxyl groups is 1. The highest BCUT2D eigenvalue weighted by Crippen LogP contribution is 2.28. The van der Waals surface area contributed by atoms with E-state index in [0.717, 1.165) is 5.75 Å². The Morgan fingerprint density at radius 1 is 1.17 bits per heavy atom. The minimum Gasteiger partial charge on any atom is -0.490 e.